The minimum absolute atomic E-state index is 0.0638. The van der Waals surface area contributed by atoms with E-state index in [4.69, 9.17) is 17.0 Å². The molecule has 1 aliphatic rings. The van der Waals surface area contributed by atoms with Crippen LogP contribution in [0.2, 0.25) is 0 Å². The van der Waals surface area contributed by atoms with Gasteiger partial charge in [0.05, 0.1) is 10.6 Å². The van der Waals surface area contributed by atoms with Crippen molar-refractivity contribution >= 4 is 51.8 Å². The van der Waals surface area contributed by atoms with Crippen LogP contribution in [0.5, 0.6) is 5.75 Å². The quantitative estimate of drug-likeness (QED) is 0.303. The summed E-state index contributed by atoms with van der Waals surface area (Å²) in [6.45, 7) is 5.52. The molecule has 0 aliphatic carbocycles. The second kappa shape index (κ2) is 8.33. The third-order valence-corrected chi connectivity index (χ3v) is 5.17. The molecular weight excluding hydrogens is 378 g/mol. The van der Waals surface area contributed by atoms with E-state index in [1.165, 1.54) is 23.6 Å². The van der Waals surface area contributed by atoms with Crippen molar-refractivity contribution in [2.75, 3.05) is 11.5 Å². The highest BCUT2D eigenvalue weighted by Gasteiger charge is 2.33. The van der Waals surface area contributed by atoms with E-state index >= 15 is 0 Å². The molecule has 0 radical (unpaired) electrons. The Bertz CT molecular complexity index is 965. The van der Waals surface area contributed by atoms with Crippen LogP contribution in [0, 0.1) is 0 Å². The second-order valence-corrected chi connectivity index (χ2v) is 7.44. The first-order chi connectivity index (χ1) is 13.0. The monoisotopic (exact) mass is 395 g/mol. The summed E-state index contributed by atoms with van der Waals surface area (Å²) in [5.41, 5.74) is 1.91. The van der Waals surface area contributed by atoms with Gasteiger partial charge in [-0.2, -0.15) is 0 Å². The minimum Gasteiger partial charge on any atom is -0.489 e. The first-order valence-corrected chi connectivity index (χ1v) is 9.45. The number of nitrogens with zero attached hydrogens (tertiary/aromatic N) is 1. The minimum atomic E-state index is -0.218. The van der Waals surface area contributed by atoms with Gasteiger partial charge in [-0.3, -0.25) is 14.5 Å². The van der Waals surface area contributed by atoms with Crippen LogP contribution in [0.15, 0.2) is 66.1 Å². The molecule has 0 unspecified atom stereocenters. The Morgan fingerprint density at radius 1 is 1.26 bits per heavy atom. The average Bonchev–Trinajstić information content (AvgIpc) is 2.94. The number of hydrogen-bond donors (Lipinski definition) is 0. The molecule has 0 aromatic heterocycles. The van der Waals surface area contributed by atoms with Crippen LogP contribution in [0.25, 0.3) is 6.08 Å². The van der Waals surface area contributed by atoms with E-state index in [0.29, 0.717) is 32.8 Å². The van der Waals surface area contributed by atoms with Gasteiger partial charge in [0.25, 0.3) is 5.91 Å². The van der Waals surface area contributed by atoms with E-state index in [1.807, 2.05) is 24.3 Å². The van der Waals surface area contributed by atoms with Gasteiger partial charge in [-0.25, -0.2) is 0 Å². The Balaban J connectivity index is 1.93. The molecule has 1 fully saturated rings. The predicted octanol–water partition coefficient (Wildman–Crippen LogP) is 4.86. The second-order valence-electron chi connectivity index (χ2n) is 5.76. The van der Waals surface area contributed by atoms with Crippen molar-refractivity contribution in [3.05, 3.63) is 77.2 Å². The summed E-state index contributed by atoms with van der Waals surface area (Å²) >= 11 is 6.63. The average molecular weight is 396 g/mol. The summed E-state index contributed by atoms with van der Waals surface area (Å²) in [5, 5.41) is 0. The van der Waals surface area contributed by atoms with E-state index in [2.05, 4.69) is 6.58 Å². The fourth-order valence-corrected chi connectivity index (χ4v) is 3.87. The molecule has 1 heterocycles. The highest BCUT2D eigenvalue weighted by Crippen LogP contribution is 2.37. The van der Waals surface area contributed by atoms with Crippen LogP contribution >= 0.6 is 24.0 Å². The summed E-state index contributed by atoms with van der Waals surface area (Å²) < 4.78 is 6.07. The van der Waals surface area contributed by atoms with E-state index in [0.717, 1.165) is 5.56 Å². The van der Waals surface area contributed by atoms with Crippen LogP contribution in [-0.2, 0) is 4.79 Å². The van der Waals surface area contributed by atoms with Gasteiger partial charge in [-0.15, -0.1) is 0 Å². The molecule has 0 N–H and O–H groups in total. The molecule has 136 valence electrons. The molecule has 2 aromatic rings. The molecule has 0 atom stereocenters. The summed E-state index contributed by atoms with van der Waals surface area (Å²) in [7, 11) is 0. The number of carbonyl (C=O) groups is 2. The number of amides is 1. The zero-order chi connectivity index (χ0) is 19.4. The number of anilines is 1. The highest BCUT2D eigenvalue weighted by atomic mass is 32.2. The number of ether oxygens (including phenoxy) is 1. The maximum Gasteiger partial charge on any atom is 0.270 e. The lowest BCUT2D eigenvalue weighted by molar-refractivity contribution is -0.113. The first-order valence-electron chi connectivity index (χ1n) is 8.23. The van der Waals surface area contributed by atoms with Gasteiger partial charge in [-0.05, 0) is 31.2 Å². The Hall–Kier alpha value is -2.70. The van der Waals surface area contributed by atoms with E-state index in [9.17, 15) is 9.59 Å². The Morgan fingerprint density at radius 2 is 2.04 bits per heavy atom. The summed E-state index contributed by atoms with van der Waals surface area (Å²) in [5.74, 6) is 0.386. The summed E-state index contributed by atoms with van der Waals surface area (Å²) in [6.07, 6.45) is 3.44. The van der Waals surface area contributed by atoms with Crippen LogP contribution in [0.4, 0.5) is 5.69 Å². The Morgan fingerprint density at radius 3 is 2.78 bits per heavy atom. The molecule has 1 aliphatic heterocycles. The van der Waals surface area contributed by atoms with E-state index < -0.39 is 0 Å². The van der Waals surface area contributed by atoms with E-state index in [1.54, 1.807) is 36.4 Å². The van der Waals surface area contributed by atoms with Crippen molar-refractivity contribution in [2.24, 2.45) is 0 Å². The topological polar surface area (TPSA) is 46.6 Å². The number of hydrogen-bond acceptors (Lipinski definition) is 5. The summed E-state index contributed by atoms with van der Waals surface area (Å²) in [4.78, 5) is 26.5. The van der Waals surface area contributed by atoms with Crippen LogP contribution in [0.3, 0.4) is 0 Å². The SMILES string of the molecule is C=CCOc1ccccc1C=C1SC(=S)N(c2cccc(C(C)=O)c2)C1=O. The normalized spacial score (nSPS) is 15.3. The molecule has 0 saturated carbocycles. The van der Waals surface area contributed by atoms with Crippen molar-refractivity contribution in [2.45, 2.75) is 6.92 Å². The van der Waals surface area contributed by atoms with Gasteiger partial charge in [0.2, 0.25) is 0 Å². The largest absolute Gasteiger partial charge is 0.489 e. The zero-order valence-electron chi connectivity index (χ0n) is 14.7. The van der Waals surface area contributed by atoms with Gasteiger partial charge in [0, 0.05) is 11.1 Å². The molecule has 1 amide bonds. The van der Waals surface area contributed by atoms with Gasteiger partial charge >= 0.3 is 0 Å². The van der Waals surface area contributed by atoms with Crippen LogP contribution in [-0.4, -0.2) is 22.6 Å². The molecular formula is C21H17NO3S2. The first kappa shape index (κ1) is 19.1. The third kappa shape index (κ3) is 4.18. The highest BCUT2D eigenvalue weighted by molar-refractivity contribution is 8.27. The number of benzene rings is 2. The standard InChI is InChI=1S/C21H17NO3S2/c1-3-11-25-18-10-5-4-7-16(18)13-19-20(24)22(21(26)27-19)17-9-6-8-15(12-17)14(2)23/h3-10,12-13H,1,11H2,2H3. The van der Waals surface area contributed by atoms with Gasteiger partial charge < -0.3 is 4.74 Å². The molecule has 3 rings (SSSR count). The molecule has 27 heavy (non-hydrogen) atoms. The number of ketones is 1. The van der Waals surface area contributed by atoms with E-state index in [-0.39, 0.29) is 11.7 Å². The fourth-order valence-electron chi connectivity index (χ4n) is 2.58. The van der Waals surface area contributed by atoms with Crippen molar-refractivity contribution in [3.8, 4) is 5.75 Å². The van der Waals surface area contributed by atoms with Crippen molar-refractivity contribution in [1.29, 1.82) is 0 Å². The molecule has 0 spiro atoms. The summed E-state index contributed by atoms with van der Waals surface area (Å²) in [6, 6.07) is 14.4. The molecule has 0 bridgehead atoms. The number of Topliss-reactive ketones (excluding diaryl/α,β-unsaturated/α-hetero) is 1. The lowest BCUT2D eigenvalue weighted by Crippen LogP contribution is -2.27. The fraction of sp³-hybridized carbons (Fsp3) is 0.0952. The lowest BCUT2D eigenvalue weighted by atomic mass is 10.1. The molecule has 6 heteroatoms. The number of thiocarbonyl (C=S) groups is 1. The molecule has 2 aromatic carbocycles. The van der Waals surface area contributed by atoms with Gasteiger partial charge in [0.1, 0.15) is 12.4 Å². The lowest BCUT2D eigenvalue weighted by Gasteiger charge is -2.15. The van der Waals surface area contributed by atoms with Crippen molar-refractivity contribution < 1.29 is 14.3 Å². The third-order valence-electron chi connectivity index (χ3n) is 3.87. The Kier molecular flexibility index (Phi) is 5.88. The predicted molar refractivity (Wildman–Crippen MR) is 114 cm³/mol. The number of rotatable bonds is 6. The van der Waals surface area contributed by atoms with Crippen LogP contribution < -0.4 is 9.64 Å². The zero-order valence-corrected chi connectivity index (χ0v) is 16.3. The smallest absolute Gasteiger partial charge is 0.270 e. The van der Waals surface area contributed by atoms with Gasteiger partial charge in [0.15, 0.2) is 10.1 Å². The van der Waals surface area contributed by atoms with Crippen molar-refractivity contribution in [3.63, 3.8) is 0 Å². The maximum atomic E-state index is 12.9. The number of carbonyl (C=O) groups excluding carboxylic acids is 2. The molecule has 4 nitrogen and oxygen atoms in total. The van der Waals surface area contributed by atoms with Crippen molar-refractivity contribution in [1.82, 2.24) is 0 Å². The number of thioether (sulfide) groups is 1. The number of para-hydroxylation sites is 1. The van der Waals surface area contributed by atoms with Crippen LogP contribution in [0.1, 0.15) is 22.8 Å². The van der Waals surface area contributed by atoms with Gasteiger partial charge in [-0.1, -0.05) is 67.0 Å². The maximum absolute atomic E-state index is 12.9. The Labute approximate surface area is 167 Å². The molecule has 1 saturated heterocycles.